The zero-order chi connectivity index (χ0) is 18.0. The molecule has 6 heteroatoms. The first-order valence-electron chi connectivity index (χ1n) is 9.04. The highest BCUT2D eigenvalue weighted by molar-refractivity contribution is 5.97. The summed E-state index contributed by atoms with van der Waals surface area (Å²) in [6, 6.07) is 6.42. The van der Waals surface area contributed by atoms with Crippen LogP contribution in [-0.2, 0) is 11.3 Å². The molecule has 2 fully saturated rings. The highest BCUT2D eigenvalue weighted by atomic mass is 16.2. The number of nitrogens with zero attached hydrogens (tertiary/aromatic N) is 1. The second-order valence-electron chi connectivity index (χ2n) is 7.70. The molecule has 0 spiro atoms. The molecule has 3 rings (SSSR count). The summed E-state index contributed by atoms with van der Waals surface area (Å²) in [6.45, 7) is 0.687. The smallest absolute Gasteiger partial charge is 0.248 e. The molecule has 0 aliphatic carbocycles. The number of amides is 2. The number of rotatable bonds is 6. The largest absolute Gasteiger partial charge is 0.366 e. The van der Waals surface area contributed by atoms with Gasteiger partial charge in [-0.3, -0.25) is 9.59 Å². The number of carbonyl (C=O) groups excluding carboxylic acids is 2. The van der Waals surface area contributed by atoms with Gasteiger partial charge in [-0.2, -0.15) is 0 Å². The molecule has 2 heterocycles. The van der Waals surface area contributed by atoms with Crippen LogP contribution in [0.25, 0.3) is 0 Å². The number of piperidine rings is 1. The quantitative estimate of drug-likeness (QED) is 0.733. The second-order valence-corrected chi connectivity index (χ2v) is 7.70. The van der Waals surface area contributed by atoms with E-state index in [1.807, 2.05) is 25.1 Å². The predicted octanol–water partition coefficient (Wildman–Crippen LogP) is 1.71. The summed E-state index contributed by atoms with van der Waals surface area (Å²) < 4.78 is 0. The first-order valence-corrected chi connectivity index (χ1v) is 9.04. The normalized spacial score (nSPS) is 25.2. The monoisotopic (exact) mass is 344 g/mol. The molecular formula is C19H28N4O2. The molecule has 0 saturated carbocycles. The van der Waals surface area contributed by atoms with Crippen LogP contribution in [0.1, 0.15) is 48.0 Å². The molecule has 25 heavy (non-hydrogen) atoms. The fraction of sp³-hybridized carbons (Fsp3) is 0.579. The number of hydrogen-bond donors (Lipinski definition) is 3. The average molecular weight is 344 g/mol. The summed E-state index contributed by atoms with van der Waals surface area (Å²) in [5.41, 5.74) is 7.46. The van der Waals surface area contributed by atoms with Gasteiger partial charge in [-0.05, 0) is 63.4 Å². The molecule has 2 bridgehead atoms. The van der Waals surface area contributed by atoms with E-state index in [0.29, 0.717) is 42.2 Å². The van der Waals surface area contributed by atoms with E-state index in [0.717, 1.165) is 18.4 Å². The lowest BCUT2D eigenvalue weighted by molar-refractivity contribution is -0.117. The second kappa shape index (κ2) is 7.54. The molecule has 136 valence electrons. The van der Waals surface area contributed by atoms with Gasteiger partial charge in [0.1, 0.15) is 0 Å². The van der Waals surface area contributed by atoms with Crippen molar-refractivity contribution in [2.24, 2.45) is 11.7 Å². The van der Waals surface area contributed by atoms with Crippen LogP contribution >= 0.6 is 0 Å². The van der Waals surface area contributed by atoms with Crippen molar-refractivity contribution in [1.29, 1.82) is 0 Å². The van der Waals surface area contributed by atoms with E-state index < -0.39 is 5.91 Å². The van der Waals surface area contributed by atoms with Crippen molar-refractivity contribution in [3.63, 3.8) is 0 Å². The lowest BCUT2D eigenvalue weighted by atomic mass is 9.89. The van der Waals surface area contributed by atoms with Gasteiger partial charge in [0, 0.05) is 36.3 Å². The van der Waals surface area contributed by atoms with E-state index in [4.69, 9.17) is 5.73 Å². The third-order valence-corrected chi connectivity index (χ3v) is 5.20. The topological polar surface area (TPSA) is 87.5 Å². The van der Waals surface area contributed by atoms with Crippen molar-refractivity contribution in [1.82, 2.24) is 10.2 Å². The zero-order valence-corrected chi connectivity index (χ0v) is 15.0. The van der Waals surface area contributed by atoms with Crippen LogP contribution in [0.15, 0.2) is 18.2 Å². The van der Waals surface area contributed by atoms with Gasteiger partial charge in [-0.1, -0.05) is 6.07 Å². The van der Waals surface area contributed by atoms with Gasteiger partial charge < -0.3 is 21.3 Å². The van der Waals surface area contributed by atoms with E-state index in [1.165, 1.54) is 12.8 Å². The molecule has 2 amide bonds. The lowest BCUT2D eigenvalue weighted by Gasteiger charge is -2.28. The third-order valence-electron chi connectivity index (χ3n) is 5.20. The summed E-state index contributed by atoms with van der Waals surface area (Å²) in [6.07, 6.45) is 5.16. The molecular weight excluding hydrogens is 316 g/mol. The van der Waals surface area contributed by atoms with Gasteiger partial charge >= 0.3 is 0 Å². The number of nitrogens with two attached hydrogens (primary N) is 1. The molecule has 4 N–H and O–H groups in total. The van der Waals surface area contributed by atoms with Crippen LogP contribution in [0.3, 0.4) is 0 Å². The molecule has 0 radical (unpaired) electrons. The fourth-order valence-corrected chi connectivity index (χ4v) is 4.13. The Balaban J connectivity index is 1.68. The number of fused-ring (bicyclic) bond motifs is 2. The maximum absolute atomic E-state index is 12.6. The van der Waals surface area contributed by atoms with Crippen molar-refractivity contribution in [2.75, 3.05) is 19.4 Å². The Morgan fingerprint density at radius 1 is 1.24 bits per heavy atom. The molecule has 1 aromatic carbocycles. The van der Waals surface area contributed by atoms with Crippen LogP contribution in [-0.4, -0.2) is 42.9 Å². The number of benzene rings is 1. The van der Waals surface area contributed by atoms with Gasteiger partial charge in [0.15, 0.2) is 0 Å². The van der Waals surface area contributed by atoms with E-state index in [9.17, 15) is 9.59 Å². The predicted molar refractivity (Wildman–Crippen MR) is 98.3 cm³/mol. The SMILES string of the molecule is CN(C)Cc1ccc(C(N)=O)cc1NC(=O)CC1CC2CCC(C1)N2. The molecule has 0 aromatic heterocycles. The molecule has 6 nitrogen and oxygen atoms in total. The van der Waals surface area contributed by atoms with Crippen LogP contribution < -0.4 is 16.4 Å². The minimum Gasteiger partial charge on any atom is -0.366 e. The first-order chi connectivity index (χ1) is 11.9. The van der Waals surface area contributed by atoms with E-state index in [1.54, 1.807) is 12.1 Å². The van der Waals surface area contributed by atoms with Crippen molar-refractivity contribution >= 4 is 17.5 Å². The lowest BCUT2D eigenvalue weighted by Crippen LogP contribution is -2.39. The summed E-state index contributed by atoms with van der Waals surface area (Å²) in [4.78, 5) is 26.1. The molecule has 2 atom stereocenters. The molecule has 2 unspecified atom stereocenters. The summed E-state index contributed by atoms with van der Waals surface area (Å²) in [5, 5.41) is 6.62. The summed E-state index contributed by atoms with van der Waals surface area (Å²) in [5.74, 6) is -0.0230. The van der Waals surface area contributed by atoms with Crippen molar-refractivity contribution < 1.29 is 9.59 Å². The molecule has 2 saturated heterocycles. The maximum Gasteiger partial charge on any atom is 0.248 e. The standard InChI is InChI=1S/C19H28N4O2/c1-23(2)11-14-4-3-13(19(20)25)10-17(14)22-18(24)9-12-7-15-5-6-16(8-12)21-15/h3-4,10,12,15-16,21H,5-9,11H2,1-2H3,(H2,20,25)(H,22,24). The first kappa shape index (κ1) is 17.9. The Morgan fingerprint density at radius 3 is 2.52 bits per heavy atom. The van der Waals surface area contributed by atoms with Crippen molar-refractivity contribution in [3.8, 4) is 0 Å². The van der Waals surface area contributed by atoms with Gasteiger partial charge in [-0.15, -0.1) is 0 Å². The molecule has 2 aliphatic rings. The molecule has 2 aliphatic heterocycles. The minimum absolute atomic E-state index is 0.0212. The van der Waals surface area contributed by atoms with Gasteiger partial charge in [-0.25, -0.2) is 0 Å². The van der Waals surface area contributed by atoms with Crippen LogP contribution in [0.2, 0.25) is 0 Å². The number of primary amides is 1. The highest BCUT2D eigenvalue weighted by Gasteiger charge is 2.34. The number of anilines is 1. The van der Waals surface area contributed by atoms with Crippen molar-refractivity contribution in [3.05, 3.63) is 29.3 Å². The van der Waals surface area contributed by atoms with Gasteiger partial charge in [0.2, 0.25) is 11.8 Å². The number of carbonyl (C=O) groups is 2. The van der Waals surface area contributed by atoms with Crippen LogP contribution in [0.5, 0.6) is 0 Å². The Bertz CT molecular complexity index is 647. The highest BCUT2D eigenvalue weighted by Crippen LogP contribution is 2.33. The Labute approximate surface area is 149 Å². The minimum atomic E-state index is -0.484. The Morgan fingerprint density at radius 2 is 1.92 bits per heavy atom. The summed E-state index contributed by atoms with van der Waals surface area (Å²) in [7, 11) is 3.94. The van der Waals surface area contributed by atoms with E-state index >= 15 is 0 Å². The Kier molecular flexibility index (Phi) is 5.39. The van der Waals surface area contributed by atoms with Gasteiger partial charge in [0.05, 0.1) is 0 Å². The molecule has 1 aromatic rings. The van der Waals surface area contributed by atoms with Crippen LogP contribution in [0, 0.1) is 5.92 Å². The summed E-state index contributed by atoms with van der Waals surface area (Å²) >= 11 is 0. The number of hydrogen-bond acceptors (Lipinski definition) is 4. The Hall–Kier alpha value is -1.92. The van der Waals surface area contributed by atoms with Crippen LogP contribution in [0.4, 0.5) is 5.69 Å². The third kappa shape index (κ3) is 4.58. The van der Waals surface area contributed by atoms with E-state index in [2.05, 4.69) is 10.6 Å². The van der Waals surface area contributed by atoms with Crippen molar-refractivity contribution in [2.45, 2.75) is 50.7 Å². The number of nitrogens with one attached hydrogen (secondary N) is 2. The fourth-order valence-electron chi connectivity index (χ4n) is 4.13. The van der Waals surface area contributed by atoms with Gasteiger partial charge in [0.25, 0.3) is 0 Å². The van der Waals surface area contributed by atoms with E-state index in [-0.39, 0.29) is 5.91 Å². The zero-order valence-electron chi connectivity index (χ0n) is 15.0. The maximum atomic E-state index is 12.6. The average Bonchev–Trinajstić information content (AvgIpc) is 2.87.